The summed E-state index contributed by atoms with van der Waals surface area (Å²) >= 11 is 0. The van der Waals surface area contributed by atoms with Gasteiger partial charge in [-0.1, -0.05) is 18.2 Å². The SMILES string of the molecule is Cn1cc(-n2ncc3cc(N4C(=O)C[C@H](NC(=O)C5CC5)[C@H]4c4ccccc4F)ccc32)ccc1=O. The number of halogens is 1. The third-order valence-corrected chi connectivity index (χ3v) is 6.97. The lowest BCUT2D eigenvalue weighted by Crippen LogP contribution is -2.41. The Morgan fingerprint density at radius 1 is 1.06 bits per heavy atom. The Balaban J connectivity index is 1.40. The molecular weight excluding hydrogens is 461 g/mol. The largest absolute Gasteiger partial charge is 0.350 e. The fraction of sp³-hybridized carbons (Fsp3) is 0.259. The monoisotopic (exact) mass is 485 g/mol. The van der Waals surface area contributed by atoms with Crippen molar-refractivity contribution in [3.8, 4) is 5.69 Å². The van der Waals surface area contributed by atoms with Gasteiger partial charge in [-0.25, -0.2) is 9.07 Å². The molecule has 9 heteroatoms. The molecule has 0 spiro atoms. The average molecular weight is 486 g/mol. The van der Waals surface area contributed by atoms with Crippen LogP contribution >= 0.6 is 0 Å². The van der Waals surface area contributed by atoms with Crippen molar-refractivity contribution >= 4 is 28.4 Å². The molecule has 36 heavy (non-hydrogen) atoms. The number of nitrogens with zero attached hydrogens (tertiary/aromatic N) is 4. The Kier molecular flexibility index (Phi) is 5.21. The van der Waals surface area contributed by atoms with Crippen molar-refractivity contribution in [3.05, 3.63) is 88.7 Å². The minimum atomic E-state index is -0.669. The van der Waals surface area contributed by atoms with Gasteiger partial charge in [-0.05, 0) is 43.2 Å². The van der Waals surface area contributed by atoms with Crippen molar-refractivity contribution < 1.29 is 14.0 Å². The molecule has 2 aromatic carbocycles. The lowest BCUT2D eigenvalue weighted by molar-refractivity contribution is -0.123. The van der Waals surface area contributed by atoms with Gasteiger partial charge in [0.1, 0.15) is 5.82 Å². The van der Waals surface area contributed by atoms with Gasteiger partial charge in [-0.2, -0.15) is 5.10 Å². The maximum absolute atomic E-state index is 15.0. The summed E-state index contributed by atoms with van der Waals surface area (Å²) in [5.74, 6) is -0.703. The van der Waals surface area contributed by atoms with Crippen LogP contribution in [0.25, 0.3) is 16.6 Å². The Morgan fingerprint density at radius 2 is 1.83 bits per heavy atom. The van der Waals surface area contributed by atoms with E-state index in [1.54, 1.807) is 59.4 Å². The summed E-state index contributed by atoms with van der Waals surface area (Å²) in [7, 11) is 1.68. The number of anilines is 1. The predicted molar refractivity (Wildman–Crippen MR) is 132 cm³/mol. The van der Waals surface area contributed by atoms with Gasteiger partial charge in [0.25, 0.3) is 0 Å². The number of hydrogen-bond acceptors (Lipinski definition) is 4. The molecule has 0 bridgehead atoms. The molecule has 2 amide bonds. The normalized spacial score (nSPS) is 19.7. The minimum Gasteiger partial charge on any atom is -0.350 e. The summed E-state index contributed by atoms with van der Waals surface area (Å²) < 4.78 is 18.2. The second-order valence-corrected chi connectivity index (χ2v) is 9.46. The molecule has 0 radical (unpaired) electrons. The Hall–Kier alpha value is -4.27. The van der Waals surface area contributed by atoms with Gasteiger partial charge < -0.3 is 14.8 Å². The number of amides is 2. The highest BCUT2D eigenvalue weighted by Crippen LogP contribution is 2.40. The van der Waals surface area contributed by atoms with E-state index in [4.69, 9.17) is 0 Å². The fourth-order valence-corrected chi connectivity index (χ4v) is 4.97. The van der Waals surface area contributed by atoms with E-state index < -0.39 is 17.9 Å². The number of carbonyl (C=O) groups excluding carboxylic acids is 2. The second kappa shape index (κ2) is 8.44. The lowest BCUT2D eigenvalue weighted by atomic mass is 9.98. The van der Waals surface area contributed by atoms with E-state index >= 15 is 0 Å². The van der Waals surface area contributed by atoms with Crippen LogP contribution in [-0.4, -0.2) is 32.2 Å². The first-order valence-corrected chi connectivity index (χ1v) is 11.9. The van der Waals surface area contributed by atoms with Crippen molar-refractivity contribution in [3.63, 3.8) is 0 Å². The van der Waals surface area contributed by atoms with Gasteiger partial charge in [0.05, 0.1) is 29.5 Å². The predicted octanol–water partition coefficient (Wildman–Crippen LogP) is 3.24. The zero-order valence-corrected chi connectivity index (χ0v) is 19.6. The summed E-state index contributed by atoms with van der Waals surface area (Å²) in [6, 6.07) is 13.9. The van der Waals surface area contributed by atoms with Crippen LogP contribution in [0.4, 0.5) is 10.1 Å². The smallest absolute Gasteiger partial charge is 0.250 e. The van der Waals surface area contributed by atoms with Crippen LogP contribution in [0, 0.1) is 11.7 Å². The van der Waals surface area contributed by atoms with Gasteiger partial charge in [-0.3, -0.25) is 14.4 Å². The van der Waals surface area contributed by atoms with Crippen molar-refractivity contribution in [1.82, 2.24) is 19.7 Å². The number of benzene rings is 2. The number of carbonyl (C=O) groups is 2. The van der Waals surface area contributed by atoms with Crippen molar-refractivity contribution in [2.24, 2.45) is 13.0 Å². The molecule has 8 nitrogen and oxygen atoms in total. The standard InChI is InChI=1S/C27H24FN5O3/c1-31-15-19(9-11-24(31)34)33-23-10-8-18(12-17(23)14-29-33)32-25(35)13-22(30-27(36)16-6-7-16)26(32)20-4-2-3-5-21(20)28/h2-5,8-12,14-16,22,26H,6-7,13H2,1H3,(H,30,36)/t22-,26+/m0/s1. The number of hydrogen-bond donors (Lipinski definition) is 1. The zero-order chi connectivity index (χ0) is 25.0. The minimum absolute atomic E-state index is 0.0184. The van der Waals surface area contributed by atoms with Crippen LogP contribution in [-0.2, 0) is 16.6 Å². The molecule has 1 saturated heterocycles. The van der Waals surface area contributed by atoms with E-state index in [1.165, 1.54) is 16.7 Å². The number of nitrogens with one attached hydrogen (secondary N) is 1. The second-order valence-electron chi connectivity index (χ2n) is 9.46. The summed E-state index contributed by atoms with van der Waals surface area (Å²) in [4.78, 5) is 39.2. The van der Waals surface area contributed by atoms with Crippen LogP contribution in [0.15, 0.2) is 71.8 Å². The number of aryl methyl sites for hydroxylation is 1. The molecule has 182 valence electrons. The van der Waals surface area contributed by atoms with E-state index in [1.807, 2.05) is 12.1 Å². The fourth-order valence-electron chi connectivity index (χ4n) is 4.97. The molecule has 1 saturated carbocycles. The van der Waals surface area contributed by atoms with Crippen LogP contribution in [0.3, 0.4) is 0 Å². The number of aromatic nitrogens is 3. The molecule has 1 aliphatic carbocycles. The van der Waals surface area contributed by atoms with Gasteiger partial charge in [0.2, 0.25) is 17.4 Å². The zero-order valence-electron chi connectivity index (χ0n) is 19.6. The van der Waals surface area contributed by atoms with Gasteiger partial charge in [0, 0.05) is 48.3 Å². The third kappa shape index (κ3) is 3.77. The Labute approximate surface area is 205 Å². The Morgan fingerprint density at radius 3 is 2.58 bits per heavy atom. The van der Waals surface area contributed by atoms with Gasteiger partial charge in [0.15, 0.2) is 0 Å². The highest BCUT2D eigenvalue weighted by molar-refractivity contribution is 6.00. The first-order valence-electron chi connectivity index (χ1n) is 11.9. The molecule has 2 atom stereocenters. The molecule has 2 aliphatic rings. The highest BCUT2D eigenvalue weighted by Gasteiger charge is 2.45. The summed E-state index contributed by atoms with van der Waals surface area (Å²) in [5.41, 5.74) is 2.37. The topological polar surface area (TPSA) is 89.2 Å². The number of pyridine rings is 1. The summed E-state index contributed by atoms with van der Waals surface area (Å²) in [6.07, 6.45) is 5.17. The molecule has 6 rings (SSSR count). The number of fused-ring (bicyclic) bond motifs is 1. The Bertz CT molecular complexity index is 1570. The van der Waals surface area contributed by atoms with Crippen molar-refractivity contribution in [1.29, 1.82) is 0 Å². The van der Waals surface area contributed by atoms with Gasteiger partial charge >= 0.3 is 0 Å². The molecular formula is C27H24FN5O3. The van der Waals surface area contributed by atoms with Crippen LogP contribution in [0.1, 0.15) is 30.9 Å². The lowest BCUT2D eigenvalue weighted by Gasteiger charge is -2.29. The summed E-state index contributed by atoms with van der Waals surface area (Å²) in [6.45, 7) is 0. The van der Waals surface area contributed by atoms with E-state index in [-0.39, 0.29) is 29.7 Å². The van der Waals surface area contributed by atoms with E-state index in [2.05, 4.69) is 10.4 Å². The highest BCUT2D eigenvalue weighted by atomic mass is 19.1. The quantitative estimate of drug-likeness (QED) is 0.470. The van der Waals surface area contributed by atoms with E-state index in [9.17, 15) is 18.8 Å². The van der Waals surface area contributed by atoms with Crippen molar-refractivity contribution in [2.45, 2.75) is 31.3 Å². The maximum atomic E-state index is 15.0. The molecule has 0 unspecified atom stereocenters. The molecule has 1 aliphatic heterocycles. The third-order valence-electron chi connectivity index (χ3n) is 6.97. The van der Waals surface area contributed by atoms with Gasteiger partial charge in [-0.15, -0.1) is 0 Å². The maximum Gasteiger partial charge on any atom is 0.250 e. The van der Waals surface area contributed by atoms with Crippen LogP contribution in [0.5, 0.6) is 0 Å². The first kappa shape index (κ1) is 22.2. The molecule has 1 N–H and O–H groups in total. The molecule has 2 fully saturated rings. The van der Waals surface area contributed by atoms with Crippen molar-refractivity contribution in [2.75, 3.05) is 4.90 Å². The van der Waals surface area contributed by atoms with Crippen LogP contribution < -0.4 is 15.8 Å². The summed E-state index contributed by atoms with van der Waals surface area (Å²) in [5, 5.41) is 8.27. The number of rotatable bonds is 5. The first-order chi connectivity index (χ1) is 17.4. The molecule has 4 aromatic rings. The van der Waals surface area contributed by atoms with Crippen LogP contribution in [0.2, 0.25) is 0 Å². The molecule has 3 heterocycles. The molecule has 2 aromatic heterocycles. The van der Waals surface area contributed by atoms with E-state index in [0.29, 0.717) is 11.3 Å². The average Bonchev–Trinajstić information content (AvgIpc) is 3.56. The van der Waals surface area contributed by atoms with E-state index in [0.717, 1.165) is 29.4 Å².